The molecule has 9 heteroatoms. The van der Waals surface area contributed by atoms with Gasteiger partial charge in [0, 0.05) is 24.0 Å². The summed E-state index contributed by atoms with van der Waals surface area (Å²) in [4.78, 5) is 36.6. The number of nitrogens with zero attached hydrogens (tertiary/aromatic N) is 2. The van der Waals surface area contributed by atoms with Crippen molar-refractivity contribution in [3.8, 4) is 0 Å². The highest BCUT2D eigenvalue weighted by Crippen LogP contribution is 2.19. The maximum atomic E-state index is 12.6. The lowest BCUT2D eigenvalue weighted by molar-refractivity contribution is -0.119. The van der Waals surface area contributed by atoms with E-state index in [4.69, 9.17) is 16.3 Å². The number of esters is 1. The van der Waals surface area contributed by atoms with Gasteiger partial charge in [0.05, 0.1) is 23.0 Å². The van der Waals surface area contributed by atoms with Crippen LogP contribution in [0.25, 0.3) is 0 Å². The largest absolute Gasteiger partial charge is 0.452 e. The summed E-state index contributed by atoms with van der Waals surface area (Å²) < 4.78 is 6.42. The van der Waals surface area contributed by atoms with Gasteiger partial charge in [0.2, 0.25) is 0 Å². The molecule has 1 aromatic heterocycles. The molecule has 0 bridgehead atoms. The third kappa shape index (κ3) is 5.43. The quantitative estimate of drug-likeness (QED) is 0.605. The number of halogens is 1. The smallest absolute Gasteiger partial charge is 0.341 e. The van der Waals surface area contributed by atoms with Crippen LogP contribution in [0.2, 0.25) is 5.02 Å². The van der Waals surface area contributed by atoms with Crippen molar-refractivity contribution in [2.75, 3.05) is 17.2 Å². The molecule has 3 rings (SSSR count). The molecular weight excluding hydrogens is 396 g/mol. The van der Waals surface area contributed by atoms with Crippen LogP contribution < -0.4 is 10.6 Å². The van der Waals surface area contributed by atoms with E-state index < -0.39 is 24.4 Å². The Morgan fingerprint density at radius 3 is 2.48 bits per heavy atom. The Balaban J connectivity index is 1.62. The van der Waals surface area contributed by atoms with Crippen molar-refractivity contribution in [2.24, 2.45) is 7.05 Å². The van der Waals surface area contributed by atoms with Crippen LogP contribution >= 0.6 is 11.6 Å². The Kier molecular flexibility index (Phi) is 6.25. The summed E-state index contributed by atoms with van der Waals surface area (Å²) in [6.07, 6.45) is 2.83. The van der Waals surface area contributed by atoms with Crippen molar-refractivity contribution in [1.82, 2.24) is 9.78 Å². The molecule has 0 fully saturated rings. The first-order valence-corrected chi connectivity index (χ1v) is 8.92. The number of nitrogens with one attached hydrogen (secondary N) is 2. The summed E-state index contributed by atoms with van der Waals surface area (Å²) in [5.41, 5.74) is 1.35. The minimum atomic E-state index is -0.665. The second kappa shape index (κ2) is 9.03. The van der Waals surface area contributed by atoms with Gasteiger partial charge in [-0.2, -0.15) is 5.10 Å². The molecule has 2 aromatic carbocycles. The number of amides is 2. The lowest BCUT2D eigenvalue weighted by Gasteiger charge is -2.11. The summed E-state index contributed by atoms with van der Waals surface area (Å²) >= 11 is 5.84. The molecule has 8 nitrogen and oxygen atoms in total. The number of ether oxygens (including phenoxy) is 1. The minimum absolute atomic E-state index is 0.239. The number of para-hydroxylation sites is 1. The highest BCUT2D eigenvalue weighted by molar-refractivity contribution is 6.30. The van der Waals surface area contributed by atoms with Crippen molar-refractivity contribution in [2.45, 2.75) is 0 Å². The molecule has 0 aliphatic rings. The first kappa shape index (κ1) is 20.1. The fraction of sp³-hybridized carbons (Fsp3) is 0.100. The SMILES string of the molecule is Cn1cc(C(=O)OCC(=O)Nc2ccccc2C(=O)Nc2ccc(Cl)cc2)cn1. The van der Waals surface area contributed by atoms with Crippen LogP contribution in [0.4, 0.5) is 11.4 Å². The molecular formula is C20H17ClN4O4. The first-order valence-electron chi connectivity index (χ1n) is 8.54. The van der Waals surface area contributed by atoms with Crippen LogP contribution in [0.5, 0.6) is 0 Å². The van der Waals surface area contributed by atoms with E-state index in [2.05, 4.69) is 15.7 Å². The fourth-order valence-corrected chi connectivity index (χ4v) is 2.58. The normalized spacial score (nSPS) is 10.3. The van der Waals surface area contributed by atoms with Crippen LogP contribution in [-0.2, 0) is 16.6 Å². The number of benzene rings is 2. The van der Waals surface area contributed by atoms with E-state index >= 15 is 0 Å². The van der Waals surface area contributed by atoms with Crippen LogP contribution in [0.15, 0.2) is 60.9 Å². The number of anilines is 2. The highest BCUT2D eigenvalue weighted by Gasteiger charge is 2.16. The number of carbonyl (C=O) groups is 3. The lowest BCUT2D eigenvalue weighted by Crippen LogP contribution is -2.23. The Morgan fingerprint density at radius 1 is 1.07 bits per heavy atom. The topological polar surface area (TPSA) is 102 Å². The second-order valence-corrected chi connectivity index (χ2v) is 6.47. The van der Waals surface area contributed by atoms with Gasteiger partial charge in [0.1, 0.15) is 0 Å². The van der Waals surface area contributed by atoms with E-state index in [1.807, 2.05) is 0 Å². The van der Waals surface area contributed by atoms with E-state index in [-0.39, 0.29) is 11.1 Å². The molecule has 0 saturated heterocycles. The Labute approximate surface area is 171 Å². The summed E-state index contributed by atoms with van der Waals surface area (Å²) in [7, 11) is 1.66. The van der Waals surface area contributed by atoms with E-state index in [1.54, 1.807) is 55.6 Å². The molecule has 3 aromatic rings. The molecule has 2 amide bonds. The van der Waals surface area contributed by atoms with Crippen molar-refractivity contribution in [3.63, 3.8) is 0 Å². The second-order valence-electron chi connectivity index (χ2n) is 6.03. The zero-order chi connectivity index (χ0) is 20.8. The minimum Gasteiger partial charge on any atom is -0.452 e. The number of aromatic nitrogens is 2. The van der Waals surface area contributed by atoms with Crippen molar-refractivity contribution in [3.05, 3.63) is 77.1 Å². The average Bonchev–Trinajstić information content (AvgIpc) is 3.15. The van der Waals surface area contributed by atoms with Gasteiger partial charge >= 0.3 is 5.97 Å². The predicted molar refractivity (Wildman–Crippen MR) is 108 cm³/mol. The van der Waals surface area contributed by atoms with Gasteiger partial charge in [-0.15, -0.1) is 0 Å². The molecule has 0 aliphatic carbocycles. The van der Waals surface area contributed by atoms with E-state index in [9.17, 15) is 14.4 Å². The van der Waals surface area contributed by atoms with Gasteiger partial charge in [-0.05, 0) is 36.4 Å². The molecule has 0 atom stereocenters. The van der Waals surface area contributed by atoms with E-state index in [1.165, 1.54) is 17.1 Å². The first-order chi connectivity index (χ1) is 13.9. The number of carbonyl (C=O) groups excluding carboxylic acids is 3. The molecule has 0 radical (unpaired) electrons. The van der Waals surface area contributed by atoms with Crippen LogP contribution in [-0.4, -0.2) is 34.2 Å². The summed E-state index contributed by atoms with van der Waals surface area (Å²) in [5, 5.41) is 9.73. The summed E-state index contributed by atoms with van der Waals surface area (Å²) in [6, 6.07) is 13.1. The van der Waals surface area contributed by atoms with Crippen LogP contribution in [0.3, 0.4) is 0 Å². The molecule has 1 heterocycles. The van der Waals surface area contributed by atoms with Gasteiger partial charge < -0.3 is 15.4 Å². The zero-order valence-electron chi connectivity index (χ0n) is 15.4. The third-order valence-electron chi connectivity index (χ3n) is 3.82. The molecule has 0 unspecified atom stereocenters. The van der Waals surface area contributed by atoms with Crippen molar-refractivity contribution >= 4 is 40.8 Å². The number of hydrogen-bond donors (Lipinski definition) is 2. The van der Waals surface area contributed by atoms with Crippen LogP contribution in [0.1, 0.15) is 20.7 Å². The van der Waals surface area contributed by atoms with Crippen molar-refractivity contribution < 1.29 is 19.1 Å². The molecule has 0 spiro atoms. The number of aryl methyl sites for hydroxylation is 1. The maximum Gasteiger partial charge on any atom is 0.341 e. The monoisotopic (exact) mass is 412 g/mol. The molecule has 29 heavy (non-hydrogen) atoms. The summed E-state index contributed by atoms with van der Waals surface area (Å²) in [6.45, 7) is -0.499. The Hall–Kier alpha value is -3.65. The summed E-state index contributed by atoms with van der Waals surface area (Å²) in [5.74, 6) is -1.65. The van der Waals surface area contributed by atoms with E-state index in [0.717, 1.165) is 0 Å². The highest BCUT2D eigenvalue weighted by atomic mass is 35.5. The standard InChI is InChI=1S/C20H17ClN4O4/c1-25-11-13(10-22-25)20(28)29-12-18(26)24-17-5-3-2-4-16(17)19(27)23-15-8-6-14(21)7-9-15/h2-11H,12H2,1H3,(H,23,27)(H,24,26). The molecule has 148 valence electrons. The fourth-order valence-electron chi connectivity index (χ4n) is 2.45. The number of rotatable bonds is 6. The van der Waals surface area contributed by atoms with Gasteiger partial charge in [-0.25, -0.2) is 4.79 Å². The van der Waals surface area contributed by atoms with Gasteiger partial charge in [0.15, 0.2) is 6.61 Å². The van der Waals surface area contributed by atoms with Gasteiger partial charge in [0.25, 0.3) is 11.8 Å². The molecule has 0 aliphatic heterocycles. The van der Waals surface area contributed by atoms with Gasteiger partial charge in [-0.1, -0.05) is 23.7 Å². The maximum absolute atomic E-state index is 12.6. The number of hydrogen-bond acceptors (Lipinski definition) is 5. The third-order valence-corrected chi connectivity index (χ3v) is 4.07. The average molecular weight is 413 g/mol. The van der Waals surface area contributed by atoms with Crippen molar-refractivity contribution in [1.29, 1.82) is 0 Å². The Bertz CT molecular complexity index is 1050. The molecule has 2 N–H and O–H groups in total. The van der Waals surface area contributed by atoms with E-state index in [0.29, 0.717) is 16.4 Å². The van der Waals surface area contributed by atoms with Crippen LogP contribution in [0, 0.1) is 0 Å². The lowest BCUT2D eigenvalue weighted by atomic mass is 10.1. The Morgan fingerprint density at radius 2 is 1.79 bits per heavy atom. The molecule has 0 saturated carbocycles. The predicted octanol–water partition coefficient (Wildman–Crippen LogP) is 3.12. The zero-order valence-corrected chi connectivity index (χ0v) is 16.1. The van der Waals surface area contributed by atoms with Gasteiger partial charge in [-0.3, -0.25) is 14.3 Å².